The number of piperazine rings is 1. The Hall–Kier alpha value is -1.83. The Balaban J connectivity index is 0.00000225. The van der Waals surface area contributed by atoms with Gasteiger partial charge in [0.2, 0.25) is 0 Å². The average molecular weight is 368 g/mol. The van der Waals surface area contributed by atoms with Gasteiger partial charge in [-0.15, -0.1) is 12.4 Å². The fourth-order valence-corrected chi connectivity index (χ4v) is 3.16. The normalized spacial score (nSPS) is 15.0. The molecule has 1 aliphatic heterocycles. The highest BCUT2D eigenvalue weighted by Crippen LogP contribution is 2.20. The third kappa shape index (κ3) is 4.42. The van der Waals surface area contributed by atoms with Gasteiger partial charge in [-0.1, -0.05) is 5.16 Å². The van der Waals surface area contributed by atoms with Gasteiger partial charge in [0.05, 0.1) is 5.56 Å². The molecule has 1 saturated heterocycles. The highest BCUT2D eigenvalue weighted by molar-refractivity contribution is 5.95. The van der Waals surface area contributed by atoms with E-state index in [1.54, 1.807) is 0 Å². The maximum atomic E-state index is 12.5. The van der Waals surface area contributed by atoms with Crippen LogP contribution >= 0.6 is 12.4 Å². The number of aryl methyl sites for hydroxylation is 2. The van der Waals surface area contributed by atoms with Gasteiger partial charge in [0.15, 0.2) is 5.82 Å². The van der Waals surface area contributed by atoms with Crippen LogP contribution in [-0.2, 0) is 0 Å². The SMILES string of the molecule is Cc1cc(-n2c(C)cc(C(=O)NCCN3CCNCC3)c2C)no1.Cl. The van der Waals surface area contributed by atoms with Crippen LogP contribution in [0.2, 0.25) is 0 Å². The lowest BCUT2D eigenvalue weighted by molar-refractivity contribution is 0.0946. The smallest absolute Gasteiger partial charge is 0.253 e. The molecule has 3 rings (SSSR count). The molecule has 0 spiro atoms. The lowest BCUT2D eigenvalue weighted by Crippen LogP contribution is -2.46. The van der Waals surface area contributed by atoms with Gasteiger partial charge in [-0.3, -0.25) is 14.3 Å². The van der Waals surface area contributed by atoms with Gasteiger partial charge in [-0.25, -0.2) is 0 Å². The molecular weight excluding hydrogens is 342 g/mol. The van der Waals surface area contributed by atoms with Crippen molar-refractivity contribution in [1.29, 1.82) is 0 Å². The molecule has 0 bridgehead atoms. The van der Waals surface area contributed by atoms with Crippen LogP contribution in [0.1, 0.15) is 27.5 Å². The Kier molecular flexibility index (Phi) is 6.64. The van der Waals surface area contributed by atoms with E-state index >= 15 is 0 Å². The molecule has 1 fully saturated rings. The van der Waals surface area contributed by atoms with Crippen LogP contribution < -0.4 is 10.6 Å². The lowest BCUT2D eigenvalue weighted by atomic mass is 10.2. The Morgan fingerprint density at radius 2 is 2.00 bits per heavy atom. The molecule has 25 heavy (non-hydrogen) atoms. The molecule has 2 aromatic rings. The molecular formula is C17H26ClN5O2. The molecule has 2 N–H and O–H groups in total. The van der Waals surface area contributed by atoms with Crippen molar-refractivity contribution in [2.75, 3.05) is 39.3 Å². The van der Waals surface area contributed by atoms with Crippen LogP contribution in [0.15, 0.2) is 16.7 Å². The summed E-state index contributed by atoms with van der Waals surface area (Å²) in [6, 6.07) is 3.77. The van der Waals surface area contributed by atoms with Crippen molar-refractivity contribution in [3.05, 3.63) is 34.8 Å². The lowest BCUT2D eigenvalue weighted by Gasteiger charge is -2.27. The molecule has 7 nitrogen and oxygen atoms in total. The van der Waals surface area contributed by atoms with E-state index in [-0.39, 0.29) is 18.3 Å². The topological polar surface area (TPSA) is 75.3 Å². The summed E-state index contributed by atoms with van der Waals surface area (Å²) < 4.78 is 7.09. The third-order valence-corrected chi connectivity index (χ3v) is 4.44. The van der Waals surface area contributed by atoms with Crippen molar-refractivity contribution >= 4 is 18.3 Å². The Morgan fingerprint density at radius 1 is 1.28 bits per heavy atom. The number of amides is 1. The monoisotopic (exact) mass is 367 g/mol. The van der Waals surface area contributed by atoms with E-state index in [2.05, 4.69) is 20.7 Å². The fourth-order valence-electron chi connectivity index (χ4n) is 3.16. The molecule has 138 valence electrons. The zero-order valence-corrected chi connectivity index (χ0v) is 15.8. The van der Waals surface area contributed by atoms with Crippen molar-refractivity contribution in [2.45, 2.75) is 20.8 Å². The molecule has 0 aliphatic carbocycles. The van der Waals surface area contributed by atoms with Crippen molar-refractivity contribution in [1.82, 2.24) is 25.3 Å². The molecule has 0 radical (unpaired) electrons. The van der Waals surface area contributed by atoms with E-state index in [9.17, 15) is 4.79 Å². The first-order valence-corrected chi connectivity index (χ1v) is 8.40. The van der Waals surface area contributed by atoms with Crippen molar-refractivity contribution in [3.8, 4) is 5.82 Å². The number of rotatable bonds is 5. The van der Waals surface area contributed by atoms with E-state index in [4.69, 9.17) is 4.52 Å². The first-order valence-electron chi connectivity index (χ1n) is 8.40. The van der Waals surface area contributed by atoms with Gasteiger partial charge in [-0.2, -0.15) is 0 Å². The predicted octanol–water partition coefficient (Wildman–Crippen LogP) is 1.45. The van der Waals surface area contributed by atoms with E-state index in [1.165, 1.54) is 0 Å². The van der Waals surface area contributed by atoms with Crippen LogP contribution in [-0.4, -0.2) is 59.8 Å². The van der Waals surface area contributed by atoms with Crippen LogP contribution in [0.5, 0.6) is 0 Å². The highest BCUT2D eigenvalue weighted by Gasteiger charge is 2.18. The molecule has 1 amide bonds. The van der Waals surface area contributed by atoms with Crippen molar-refractivity contribution in [2.24, 2.45) is 0 Å². The largest absolute Gasteiger partial charge is 0.360 e. The molecule has 0 saturated carbocycles. The molecule has 0 atom stereocenters. The third-order valence-electron chi connectivity index (χ3n) is 4.44. The molecule has 0 aromatic carbocycles. The van der Waals surface area contributed by atoms with Gasteiger partial charge in [0.1, 0.15) is 5.76 Å². The van der Waals surface area contributed by atoms with E-state index in [1.807, 2.05) is 37.5 Å². The summed E-state index contributed by atoms with van der Waals surface area (Å²) in [5, 5.41) is 10.4. The maximum absolute atomic E-state index is 12.5. The number of hydrogen-bond acceptors (Lipinski definition) is 5. The second kappa shape index (κ2) is 8.51. The van der Waals surface area contributed by atoms with Gasteiger partial charge in [0, 0.05) is 56.7 Å². The number of hydrogen-bond donors (Lipinski definition) is 2. The summed E-state index contributed by atoms with van der Waals surface area (Å²) in [6.07, 6.45) is 0. The minimum absolute atomic E-state index is 0. The zero-order chi connectivity index (χ0) is 17.1. The standard InChI is InChI=1S/C17H25N5O2.ClH/c1-12-10-15(14(3)22(12)16-11-13(2)24-20-16)17(23)19-6-9-21-7-4-18-5-8-21;/h10-11,18H,4-9H2,1-3H3,(H,19,23);1H. The van der Waals surface area contributed by atoms with Crippen LogP contribution in [0.4, 0.5) is 0 Å². The van der Waals surface area contributed by atoms with Crippen molar-refractivity contribution in [3.63, 3.8) is 0 Å². The Bertz CT molecular complexity index is 719. The second-order valence-electron chi connectivity index (χ2n) is 6.26. The fraction of sp³-hybridized carbons (Fsp3) is 0.529. The van der Waals surface area contributed by atoms with Gasteiger partial charge in [0.25, 0.3) is 5.91 Å². The number of carbonyl (C=O) groups is 1. The van der Waals surface area contributed by atoms with Gasteiger partial charge >= 0.3 is 0 Å². The molecule has 1 aliphatic rings. The van der Waals surface area contributed by atoms with Crippen LogP contribution in [0, 0.1) is 20.8 Å². The number of nitrogens with one attached hydrogen (secondary N) is 2. The molecule has 2 aromatic heterocycles. The quantitative estimate of drug-likeness (QED) is 0.836. The predicted molar refractivity (Wildman–Crippen MR) is 98.9 cm³/mol. The summed E-state index contributed by atoms with van der Waals surface area (Å²) in [4.78, 5) is 14.9. The second-order valence-corrected chi connectivity index (χ2v) is 6.26. The van der Waals surface area contributed by atoms with E-state index < -0.39 is 0 Å². The van der Waals surface area contributed by atoms with E-state index in [0.717, 1.165) is 49.9 Å². The first-order chi connectivity index (χ1) is 11.6. The Morgan fingerprint density at radius 3 is 2.64 bits per heavy atom. The Labute approximate surface area is 154 Å². The average Bonchev–Trinajstić information content (AvgIpc) is 3.11. The highest BCUT2D eigenvalue weighted by atomic mass is 35.5. The maximum Gasteiger partial charge on any atom is 0.253 e. The minimum Gasteiger partial charge on any atom is -0.360 e. The summed E-state index contributed by atoms with van der Waals surface area (Å²) in [6.45, 7) is 11.4. The number of nitrogens with zero attached hydrogens (tertiary/aromatic N) is 3. The summed E-state index contributed by atoms with van der Waals surface area (Å²) in [7, 11) is 0. The summed E-state index contributed by atoms with van der Waals surface area (Å²) in [5.74, 6) is 1.42. The minimum atomic E-state index is -0.0373. The van der Waals surface area contributed by atoms with E-state index in [0.29, 0.717) is 17.9 Å². The van der Waals surface area contributed by atoms with Gasteiger partial charge < -0.3 is 15.2 Å². The first kappa shape index (κ1) is 19.5. The van der Waals surface area contributed by atoms with Crippen LogP contribution in [0.3, 0.4) is 0 Å². The molecule has 8 heteroatoms. The summed E-state index contributed by atoms with van der Waals surface area (Å²) >= 11 is 0. The van der Waals surface area contributed by atoms with Crippen LogP contribution in [0.25, 0.3) is 5.82 Å². The molecule has 3 heterocycles. The number of carbonyl (C=O) groups excluding carboxylic acids is 1. The zero-order valence-electron chi connectivity index (χ0n) is 15.0. The van der Waals surface area contributed by atoms with Gasteiger partial charge in [-0.05, 0) is 26.8 Å². The number of halogens is 1. The summed E-state index contributed by atoms with van der Waals surface area (Å²) in [5.41, 5.74) is 2.53. The molecule has 0 unspecified atom stereocenters. The number of aromatic nitrogens is 2. The van der Waals surface area contributed by atoms with Crippen molar-refractivity contribution < 1.29 is 9.32 Å².